The van der Waals surface area contributed by atoms with Gasteiger partial charge >= 0.3 is 0 Å². The highest BCUT2D eigenvalue weighted by atomic mass is 35.5. The summed E-state index contributed by atoms with van der Waals surface area (Å²) in [6.45, 7) is 3.77. The molecule has 0 aromatic heterocycles. The largest absolute Gasteiger partial charge is 0.313 e. The number of hydrogen-bond acceptors (Lipinski definition) is 1. The molecule has 0 heterocycles. The number of halogens is 2. The molecule has 0 aliphatic rings. The van der Waals surface area contributed by atoms with Gasteiger partial charge in [-0.1, -0.05) is 36.7 Å². The molecule has 0 fully saturated rings. The predicted octanol–water partition coefficient (Wildman–Crippen LogP) is 4.26. The molecule has 0 saturated carbocycles. The second-order valence-electron chi connectivity index (χ2n) is 4.10. The Labute approximate surface area is 112 Å². The van der Waals surface area contributed by atoms with Crippen LogP contribution in [0.4, 0.5) is 4.39 Å². The van der Waals surface area contributed by atoms with E-state index in [1.54, 1.807) is 12.1 Å². The van der Waals surface area contributed by atoms with Crippen LogP contribution in [0, 0.1) is 5.82 Å². The Hall–Kier alpha value is -1.38. The Morgan fingerprint density at radius 2 is 2.00 bits per heavy atom. The van der Waals surface area contributed by atoms with Gasteiger partial charge in [0.05, 0.1) is 0 Å². The van der Waals surface area contributed by atoms with E-state index in [0.29, 0.717) is 10.6 Å². The van der Waals surface area contributed by atoms with Crippen LogP contribution in [0.25, 0.3) is 11.1 Å². The molecule has 0 aliphatic carbocycles. The van der Waals surface area contributed by atoms with E-state index in [1.165, 1.54) is 6.07 Å². The van der Waals surface area contributed by atoms with Crippen molar-refractivity contribution in [1.82, 2.24) is 5.32 Å². The van der Waals surface area contributed by atoms with Gasteiger partial charge in [0.2, 0.25) is 0 Å². The minimum absolute atomic E-state index is 0.289. The standard InChI is InChI=1S/C15H15ClFN/c1-2-18-10-11-4-3-5-12(8-11)14-7-6-13(16)9-15(14)17/h3-9,18H,2,10H2,1H3. The molecule has 0 radical (unpaired) electrons. The number of benzene rings is 2. The summed E-state index contributed by atoms with van der Waals surface area (Å²) in [5.74, 6) is -0.289. The monoisotopic (exact) mass is 263 g/mol. The molecule has 0 saturated heterocycles. The molecule has 0 unspecified atom stereocenters. The fraction of sp³-hybridized carbons (Fsp3) is 0.200. The van der Waals surface area contributed by atoms with E-state index < -0.39 is 0 Å². The van der Waals surface area contributed by atoms with Crippen LogP contribution in [0.15, 0.2) is 42.5 Å². The maximum atomic E-state index is 13.8. The Balaban J connectivity index is 2.32. The molecule has 0 amide bonds. The van der Waals surface area contributed by atoms with Gasteiger partial charge in [-0.2, -0.15) is 0 Å². The molecule has 18 heavy (non-hydrogen) atoms. The van der Waals surface area contributed by atoms with Crippen LogP contribution >= 0.6 is 11.6 Å². The van der Waals surface area contributed by atoms with Crippen molar-refractivity contribution in [3.63, 3.8) is 0 Å². The van der Waals surface area contributed by atoms with Gasteiger partial charge < -0.3 is 5.32 Å². The van der Waals surface area contributed by atoms with Crippen molar-refractivity contribution in [3.8, 4) is 11.1 Å². The lowest BCUT2D eigenvalue weighted by Crippen LogP contribution is -2.11. The van der Waals surface area contributed by atoms with Crippen molar-refractivity contribution in [2.45, 2.75) is 13.5 Å². The third-order valence-corrected chi connectivity index (χ3v) is 2.98. The van der Waals surface area contributed by atoms with Crippen molar-refractivity contribution >= 4 is 11.6 Å². The molecular weight excluding hydrogens is 249 g/mol. The van der Waals surface area contributed by atoms with E-state index in [0.717, 1.165) is 24.2 Å². The molecule has 2 rings (SSSR count). The van der Waals surface area contributed by atoms with E-state index >= 15 is 0 Å². The lowest BCUT2D eigenvalue weighted by Gasteiger charge is -2.07. The summed E-state index contributed by atoms with van der Waals surface area (Å²) in [6, 6.07) is 12.6. The van der Waals surface area contributed by atoms with Gasteiger partial charge in [0.25, 0.3) is 0 Å². The van der Waals surface area contributed by atoms with Gasteiger partial charge in [-0.05, 0) is 41.9 Å². The van der Waals surface area contributed by atoms with E-state index in [4.69, 9.17) is 11.6 Å². The highest BCUT2D eigenvalue weighted by Gasteiger charge is 2.06. The Bertz CT molecular complexity index is 540. The highest BCUT2D eigenvalue weighted by Crippen LogP contribution is 2.25. The molecule has 0 atom stereocenters. The number of nitrogens with one attached hydrogen (secondary N) is 1. The molecule has 0 bridgehead atoms. The summed E-state index contributed by atoms with van der Waals surface area (Å²) < 4.78 is 13.8. The fourth-order valence-corrected chi connectivity index (χ4v) is 2.00. The molecular formula is C15H15ClFN. The van der Waals surface area contributed by atoms with Crippen LogP contribution in [0.1, 0.15) is 12.5 Å². The summed E-state index contributed by atoms with van der Waals surface area (Å²) in [5.41, 5.74) is 2.60. The van der Waals surface area contributed by atoms with Crippen LogP contribution in [-0.4, -0.2) is 6.54 Å². The van der Waals surface area contributed by atoms with Crippen LogP contribution in [0.5, 0.6) is 0 Å². The first kappa shape index (κ1) is 13.1. The van der Waals surface area contributed by atoms with E-state index in [9.17, 15) is 4.39 Å². The van der Waals surface area contributed by atoms with Crippen LogP contribution in [-0.2, 0) is 6.54 Å². The molecule has 1 nitrogen and oxygen atoms in total. The first-order valence-corrected chi connectivity index (χ1v) is 6.33. The second-order valence-corrected chi connectivity index (χ2v) is 4.54. The zero-order chi connectivity index (χ0) is 13.0. The van der Waals surface area contributed by atoms with Gasteiger partial charge in [0.1, 0.15) is 5.82 Å². The van der Waals surface area contributed by atoms with Crippen molar-refractivity contribution in [2.24, 2.45) is 0 Å². The normalized spacial score (nSPS) is 10.6. The molecule has 2 aromatic rings. The Morgan fingerprint density at radius 1 is 1.17 bits per heavy atom. The smallest absolute Gasteiger partial charge is 0.132 e. The first-order chi connectivity index (χ1) is 8.70. The second kappa shape index (κ2) is 5.98. The minimum Gasteiger partial charge on any atom is -0.313 e. The zero-order valence-corrected chi connectivity index (χ0v) is 11.0. The van der Waals surface area contributed by atoms with Crippen molar-refractivity contribution < 1.29 is 4.39 Å². The average Bonchev–Trinajstić information content (AvgIpc) is 2.36. The fourth-order valence-electron chi connectivity index (χ4n) is 1.84. The van der Waals surface area contributed by atoms with Gasteiger partial charge in [-0.15, -0.1) is 0 Å². The van der Waals surface area contributed by atoms with Crippen LogP contribution in [0.3, 0.4) is 0 Å². The molecule has 1 N–H and O–H groups in total. The summed E-state index contributed by atoms with van der Waals surface area (Å²) in [7, 11) is 0. The highest BCUT2D eigenvalue weighted by molar-refractivity contribution is 6.30. The molecule has 2 aromatic carbocycles. The van der Waals surface area contributed by atoms with Gasteiger partial charge in [-0.3, -0.25) is 0 Å². The maximum absolute atomic E-state index is 13.8. The summed E-state index contributed by atoms with van der Waals surface area (Å²) in [6.07, 6.45) is 0. The van der Waals surface area contributed by atoms with Crippen LogP contribution < -0.4 is 5.32 Å². The maximum Gasteiger partial charge on any atom is 0.132 e. The third-order valence-electron chi connectivity index (χ3n) is 2.75. The number of rotatable bonds is 4. The average molecular weight is 264 g/mol. The quantitative estimate of drug-likeness (QED) is 0.869. The van der Waals surface area contributed by atoms with Crippen molar-refractivity contribution in [1.29, 1.82) is 0 Å². The first-order valence-electron chi connectivity index (χ1n) is 5.96. The predicted molar refractivity (Wildman–Crippen MR) is 74.2 cm³/mol. The lowest BCUT2D eigenvalue weighted by atomic mass is 10.0. The molecule has 3 heteroatoms. The summed E-state index contributed by atoms with van der Waals surface area (Å²) >= 11 is 5.75. The number of hydrogen-bond donors (Lipinski definition) is 1. The molecule has 0 spiro atoms. The molecule has 0 aliphatic heterocycles. The van der Waals surface area contributed by atoms with Crippen molar-refractivity contribution in [3.05, 3.63) is 58.9 Å². The van der Waals surface area contributed by atoms with Crippen LogP contribution in [0.2, 0.25) is 5.02 Å². The zero-order valence-electron chi connectivity index (χ0n) is 10.2. The molecule has 94 valence electrons. The van der Waals surface area contributed by atoms with Gasteiger partial charge in [-0.25, -0.2) is 4.39 Å². The van der Waals surface area contributed by atoms with E-state index in [1.807, 2.05) is 24.3 Å². The summed E-state index contributed by atoms with van der Waals surface area (Å²) in [5, 5.41) is 3.67. The summed E-state index contributed by atoms with van der Waals surface area (Å²) in [4.78, 5) is 0. The van der Waals surface area contributed by atoms with Gasteiger partial charge in [0.15, 0.2) is 0 Å². The topological polar surface area (TPSA) is 12.0 Å². The van der Waals surface area contributed by atoms with Gasteiger partial charge in [0, 0.05) is 17.1 Å². The van der Waals surface area contributed by atoms with E-state index in [2.05, 4.69) is 12.2 Å². The lowest BCUT2D eigenvalue weighted by molar-refractivity contribution is 0.631. The SMILES string of the molecule is CCNCc1cccc(-c2ccc(Cl)cc2F)c1. The van der Waals surface area contributed by atoms with Crippen molar-refractivity contribution in [2.75, 3.05) is 6.54 Å². The third kappa shape index (κ3) is 3.09. The van der Waals surface area contributed by atoms with E-state index in [-0.39, 0.29) is 5.82 Å². The Kier molecular flexibility index (Phi) is 4.34. The minimum atomic E-state index is -0.289. The Morgan fingerprint density at radius 3 is 2.72 bits per heavy atom.